The first-order chi connectivity index (χ1) is 11.8. The van der Waals surface area contributed by atoms with Crippen LogP contribution in [0.15, 0.2) is 60.7 Å². The van der Waals surface area contributed by atoms with Gasteiger partial charge in [-0.15, -0.1) is 0 Å². The van der Waals surface area contributed by atoms with Crippen molar-refractivity contribution in [2.24, 2.45) is 0 Å². The number of nitrogens with zero attached hydrogens (tertiary/aromatic N) is 2. The van der Waals surface area contributed by atoms with Crippen molar-refractivity contribution in [3.8, 4) is 0 Å². The predicted octanol–water partition coefficient (Wildman–Crippen LogP) is 5.05. The van der Waals surface area contributed by atoms with E-state index < -0.39 is 0 Å². The van der Waals surface area contributed by atoms with Gasteiger partial charge in [-0.25, -0.2) is 0 Å². The number of aromatic nitrogens is 2. The van der Waals surface area contributed by atoms with E-state index >= 15 is 0 Å². The number of benzene rings is 3. The molecule has 3 heteroatoms. The number of aryl methyl sites for hydroxylation is 1. The maximum atomic E-state index is 6.07. The van der Waals surface area contributed by atoms with E-state index in [0.717, 1.165) is 6.54 Å². The Balaban J connectivity index is 2.07. The largest absolute Gasteiger partial charge is 0.350 e. The van der Waals surface area contributed by atoms with Gasteiger partial charge in [-0.05, 0) is 37.6 Å². The molecule has 2 radical (unpaired) electrons. The van der Waals surface area contributed by atoms with Gasteiger partial charge in [0, 0.05) is 50.2 Å². The van der Waals surface area contributed by atoms with Crippen LogP contribution in [0, 0.1) is 0 Å². The fourth-order valence-electron chi connectivity index (χ4n) is 4.13. The summed E-state index contributed by atoms with van der Waals surface area (Å²) in [4.78, 5) is 0. The van der Waals surface area contributed by atoms with Crippen LogP contribution >= 0.6 is 0 Å². The highest BCUT2D eigenvalue weighted by atomic mass is 15.0. The van der Waals surface area contributed by atoms with Crippen LogP contribution in [0.5, 0.6) is 0 Å². The van der Waals surface area contributed by atoms with Crippen molar-refractivity contribution in [3.05, 3.63) is 60.7 Å². The van der Waals surface area contributed by atoms with Gasteiger partial charge in [0.1, 0.15) is 0 Å². The van der Waals surface area contributed by atoms with Gasteiger partial charge < -0.3 is 9.13 Å². The normalized spacial score (nSPS) is 12.0. The van der Waals surface area contributed by atoms with Crippen molar-refractivity contribution in [3.63, 3.8) is 0 Å². The Morgan fingerprint density at radius 2 is 1.17 bits per heavy atom. The monoisotopic (exact) mass is 308 g/mol. The summed E-state index contributed by atoms with van der Waals surface area (Å²) in [5.41, 5.74) is 5.01. The SMILES string of the molecule is [B]Cn1c2ccccc2c2cc3c(cc21)c1ccccc1n3CC. The van der Waals surface area contributed by atoms with E-state index in [1.165, 1.54) is 43.6 Å². The molecule has 5 rings (SSSR count). The summed E-state index contributed by atoms with van der Waals surface area (Å²) < 4.78 is 4.61. The van der Waals surface area contributed by atoms with Crippen LogP contribution < -0.4 is 0 Å². The zero-order chi connectivity index (χ0) is 16.3. The smallest absolute Gasteiger partial charge is 0.0948 e. The molecule has 2 aromatic heterocycles. The lowest BCUT2D eigenvalue weighted by atomic mass is 10.1. The van der Waals surface area contributed by atoms with Crippen LogP contribution in [0.2, 0.25) is 0 Å². The van der Waals surface area contributed by atoms with Crippen LogP contribution in [0.25, 0.3) is 43.6 Å². The van der Waals surface area contributed by atoms with Gasteiger partial charge in [0.15, 0.2) is 0 Å². The minimum atomic E-state index is 0.488. The van der Waals surface area contributed by atoms with Crippen LogP contribution in [-0.2, 0) is 13.0 Å². The molecule has 0 spiro atoms. The molecule has 0 aliphatic heterocycles. The first kappa shape index (κ1) is 13.7. The molecule has 0 saturated carbocycles. The molecule has 5 aromatic rings. The minimum absolute atomic E-state index is 0.488. The lowest BCUT2D eigenvalue weighted by Gasteiger charge is -2.05. The van der Waals surface area contributed by atoms with E-state index in [-0.39, 0.29) is 0 Å². The number of rotatable bonds is 2. The molecule has 0 N–H and O–H groups in total. The highest BCUT2D eigenvalue weighted by Gasteiger charge is 2.14. The van der Waals surface area contributed by atoms with E-state index in [1.807, 2.05) is 0 Å². The summed E-state index contributed by atoms with van der Waals surface area (Å²) in [7, 11) is 6.07. The summed E-state index contributed by atoms with van der Waals surface area (Å²) in [6.07, 6.45) is 0.488. The zero-order valence-corrected chi connectivity index (χ0v) is 13.7. The molecule has 2 nitrogen and oxygen atoms in total. The fourth-order valence-corrected chi connectivity index (χ4v) is 4.13. The van der Waals surface area contributed by atoms with Crippen LogP contribution in [-0.4, -0.2) is 17.0 Å². The lowest BCUT2D eigenvalue weighted by Crippen LogP contribution is -1.96. The number of hydrogen-bond acceptors (Lipinski definition) is 0. The molecule has 0 saturated heterocycles. The van der Waals surface area contributed by atoms with Crippen LogP contribution in [0.4, 0.5) is 0 Å². The molecule has 0 fully saturated rings. The second-order valence-corrected chi connectivity index (χ2v) is 6.28. The second kappa shape index (κ2) is 4.91. The Morgan fingerprint density at radius 1 is 0.667 bits per heavy atom. The molecule has 0 atom stereocenters. The van der Waals surface area contributed by atoms with Gasteiger partial charge >= 0.3 is 0 Å². The molecule has 0 bridgehead atoms. The van der Waals surface area contributed by atoms with Gasteiger partial charge in [-0.3, -0.25) is 0 Å². The molecule has 24 heavy (non-hydrogen) atoms. The van der Waals surface area contributed by atoms with Crippen LogP contribution in [0.3, 0.4) is 0 Å². The summed E-state index contributed by atoms with van der Waals surface area (Å²) in [5, 5.41) is 5.16. The Kier molecular flexibility index (Phi) is 2.81. The topological polar surface area (TPSA) is 9.86 Å². The summed E-state index contributed by atoms with van der Waals surface area (Å²) >= 11 is 0. The molecule has 0 aliphatic carbocycles. The molecular formula is C21H17BN2. The highest BCUT2D eigenvalue weighted by molar-refractivity contribution is 6.18. The second-order valence-electron chi connectivity index (χ2n) is 6.28. The first-order valence-corrected chi connectivity index (χ1v) is 8.45. The molecule has 3 aromatic carbocycles. The maximum Gasteiger partial charge on any atom is 0.0948 e. The number of hydrogen-bond donors (Lipinski definition) is 0. The molecule has 2 heterocycles. The standard InChI is InChI=1S/C21H17BN2/c1-2-23-18-9-5-3-7-14(18)16-12-21-17(11-20(16)23)15-8-4-6-10-19(15)24(21)13-22/h3-12H,2,13H2,1H3. The van der Waals surface area contributed by atoms with Gasteiger partial charge in [0.25, 0.3) is 0 Å². The molecule has 0 unspecified atom stereocenters. The van der Waals surface area contributed by atoms with E-state index in [2.05, 4.69) is 76.7 Å². The average molecular weight is 308 g/mol. The van der Waals surface area contributed by atoms with Gasteiger partial charge in [-0.2, -0.15) is 0 Å². The molecular weight excluding hydrogens is 291 g/mol. The quantitative estimate of drug-likeness (QED) is 0.404. The van der Waals surface area contributed by atoms with Crippen molar-refractivity contribution in [2.75, 3.05) is 0 Å². The molecule has 0 amide bonds. The summed E-state index contributed by atoms with van der Waals surface area (Å²) in [6, 6.07) is 21.8. The third-order valence-corrected chi connectivity index (χ3v) is 5.16. The van der Waals surface area contributed by atoms with Gasteiger partial charge in [0.2, 0.25) is 0 Å². The average Bonchev–Trinajstić information content (AvgIpc) is 3.11. The van der Waals surface area contributed by atoms with Gasteiger partial charge in [-0.1, -0.05) is 36.4 Å². The minimum Gasteiger partial charge on any atom is -0.350 e. The van der Waals surface area contributed by atoms with E-state index in [0.29, 0.717) is 6.44 Å². The Morgan fingerprint density at radius 3 is 1.71 bits per heavy atom. The summed E-state index contributed by atoms with van der Waals surface area (Å²) in [5.74, 6) is 0. The Hall–Kier alpha value is -2.68. The molecule has 0 aliphatic rings. The van der Waals surface area contributed by atoms with Crippen LogP contribution in [0.1, 0.15) is 6.92 Å². The third-order valence-electron chi connectivity index (χ3n) is 5.16. The predicted molar refractivity (Wildman–Crippen MR) is 104 cm³/mol. The maximum absolute atomic E-state index is 6.07. The Bertz CT molecular complexity index is 1130. The van der Waals surface area contributed by atoms with Crippen molar-refractivity contribution < 1.29 is 0 Å². The highest BCUT2D eigenvalue weighted by Crippen LogP contribution is 2.36. The zero-order valence-electron chi connectivity index (χ0n) is 13.7. The van der Waals surface area contributed by atoms with Crippen molar-refractivity contribution in [2.45, 2.75) is 19.9 Å². The Labute approximate surface area is 141 Å². The third kappa shape index (κ3) is 1.62. The number of para-hydroxylation sites is 2. The molecule has 114 valence electrons. The van der Waals surface area contributed by atoms with E-state index in [1.54, 1.807) is 0 Å². The number of fused-ring (bicyclic) bond motifs is 6. The summed E-state index contributed by atoms with van der Waals surface area (Å²) in [6.45, 7) is 3.17. The van der Waals surface area contributed by atoms with Crippen molar-refractivity contribution >= 4 is 51.5 Å². The van der Waals surface area contributed by atoms with Crippen molar-refractivity contribution in [1.82, 2.24) is 9.13 Å². The van der Waals surface area contributed by atoms with E-state index in [4.69, 9.17) is 7.85 Å². The van der Waals surface area contributed by atoms with Gasteiger partial charge in [0.05, 0.1) is 7.85 Å². The van der Waals surface area contributed by atoms with Crippen molar-refractivity contribution in [1.29, 1.82) is 0 Å². The fraction of sp³-hybridized carbons (Fsp3) is 0.143. The first-order valence-electron chi connectivity index (χ1n) is 8.45. The lowest BCUT2D eigenvalue weighted by molar-refractivity contribution is 0.827. The van der Waals surface area contributed by atoms with E-state index in [9.17, 15) is 0 Å².